The van der Waals surface area contributed by atoms with Gasteiger partial charge in [0, 0.05) is 0 Å². The third kappa shape index (κ3) is 6.87. The van der Waals surface area contributed by atoms with Crippen LogP contribution in [0.25, 0.3) is 0 Å². The van der Waals surface area contributed by atoms with Crippen molar-refractivity contribution in [1.29, 1.82) is 0 Å². The molecule has 0 spiro atoms. The predicted molar refractivity (Wildman–Crippen MR) is 42.2 cm³/mol. The fourth-order valence-electron chi connectivity index (χ4n) is 0.872. The maximum Gasteiger partial charge on any atom is 2.00 e. The van der Waals surface area contributed by atoms with Crippen molar-refractivity contribution in [2.24, 2.45) is 0 Å². The Bertz CT molecular complexity index is 306. The van der Waals surface area contributed by atoms with Gasteiger partial charge in [0.1, 0.15) is 0 Å². The summed E-state index contributed by atoms with van der Waals surface area (Å²) < 4.78 is 71.9. The Labute approximate surface area is 130 Å². The summed E-state index contributed by atoms with van der Waals surface area (Å²) in [6.07, 6.45) is -9.50. The van der Waals surface area contributed by atoms with Crippen molar-refractivity contribution >= 4 is 23.1 Å². The standard InChI is InChI=1S/C8H4F6.2BrH.Mg/c9-7(10,11)5-2-1-3-6(4-5)8(12,13)14;;;/h1-4H;2*1H;/q;;;+2/p-2. The molecule has 0 saturated heterocycles. The monoisotopic (exact) mass is 396 g/mol. The summed E-state index contributed by atoms with van der Waals surface area (Å²) in [5, 5.41) is 0. The van der Waals surface area contributed by atoms with Gasteiger partial charge in [-0.1, -0.05) is 6.07 Å². The van der Waals surface area contributed by atoms with E-state index >= 15 is 0 Å². The maximum absolute atomic E-state index is 12.0. The Morgan fingerprint density at radius 1 is 0.706 bits per heavy atom. The zero-order valence-electron chi connectivity index (χ0n) is 8.04. The van der Waals surface area contributed by atoms with Gasteiger partial charge in [0.15, 0.2) is 0 Å². The first-order valence-electron chi connectivity index (χ1n) is 3.46. The van der Waals surface area contributed by atoms with Gasteiger partial charge >= 0.3 is 35.4 Å². The second-order valence-electron chi connectivity index (χ2n) is 2.58. The van der Waals surface area contributed by atoms with E-state index in [0.29, 0.717) is 12.1 Å². The SMILES string of the molecule is FC(F)(F)c1cccc(C(F)(F)F)c1.[Br-].[Br-].[Mg+2]. The zero-order valence-corrected chi connectivity index (χ0v) is 12.6. The number of rotatable bonds is 0. The smallest absolute Gasteiger partial charge is 1.00 e. The molecule has 0 nitrogen and oxygen atoms in total. The summed E-state index contributed by atoms with van der Waals surface area (Å²) in [5.74, 6) is 0. The van der Waals surface area contributed by atoms with Crippen molar-refractivity contribution in [3.8, 4) is 0 Å². The molecule has 0 aliphatic rings. The van der Waals surface area contributed by atoms with Crippen molar-refractivity contribution < 1.29 is 60.3 Å². The normalized spacial score (nSPS) is 10.7. The quantitative estimate of drug-likeness (QED) is 0.331. The van der Waals surface area contributed by atoms with Crippen LogP contribution in [-0.2, 0) is 12.4 Å². The van der Waals surface area contributed by atoms with Crippen LogP contribution >= 0.6 is 0 Å². The number of hydrogen-bond donors (Lipinski definition) is 0. The number of alkyl halides is 6. The van der Waals surface area contributed by atoms with Crippen LogP contribution in [0.2, 0.25) is 0 Å². The molecule has 0 saturated carbocycles. The number of halogens is 8. The predicted octanol–water partition coefficient (Wildman–Crippen LogP) is -2.65. The van der Waals surface area contributed by atoms with E-state index in [-0.39, 0.29) is 63.1 Å². The second-order valence-corrected chi connectivity index (χ2v) is 2.58. The van der Waals surface area contributed by atoms with E-state index in [4.69, 9.17) is 0 Å². The van der Waals surface area contributed by atoms with Gasteiger partial charge in [0.25, 0.3) is 0 Å². The summed E-state index contributed by atoms with van der Waals surface area (Å²) in [4.78, 5) is 0. The summed E-state index contributed by atoms with van der Waals surface area (Å²) in [6.45, 7) is 0. The topological polar surface area (TPSA) is 0 Å². The van der Waals surface area contributed by atoms with Crippen LogP contribution in [-0.4, -0.2) is 23.1 Å². The molecule has 0 fully saturated rings. The molecule has 0 radical (unpaired) electrons. The summed E-state index contributed by atoms with van der Waals surface area (Å²) in [6, 6.07) is 2.00. The van der Waals surface area contributed by atoms with Crippen molar-refractivity contribution in [3.05, 3.63) is 35.4 Å². The van der Waals surface area contributed by atoms with Gasteiger partial charge in [-0.25, -0.2) is 0 Å². The second kappa shape index (κ2) is 7.85. The van der Waals surface area contributed by atoms with E-state index in [1.807, 2.05) is 0 Å². The first-order valence-corrected chi connectivity index (χ1v) is 3.46. The van der Waals surface area contributed by atoms with E-state index < -0.39 is 23.5 Å². The fourth-order valence-corrected chi connectivity index (χ4v) is 0.872. The van der Waals surface area contributed by atoms with E-state index in [2.05, 4.69) is 0 Å². The van der Waals surface area contributed by atoms with E-state index in [1.54, 1.807) is 0 Å². The molecule has 0 atom stereocenters. The summed E-state index contributed by atoms with van der Waals surface area (Å²) in [7, 11) is 0. The molecule has 0 aliphatic heterocycles. The Kier molecular flexibility index (Phi) is 10.5. The minimum Gasteiger partial charge on any atom is -1.00 e. The number of hydrogen-bond acceptors (Lipinski definition) is 0. The van der Waals surface area contributed by atoms with Crippen LogP contribution in [0.1, 0.15) is 11.1 Å². The molecule has 0 unspecified atom stereocenters. The van der Waals surface area contributed by atoms with Crippen LogP contribution in [0.15, 0.2) is 24.3 Å². The van der Waals surface area contributed by atoms with E-state index in [1.165, 1.54) is 0 Å². The zero-order chi connectivity index (χ0) is 11.0. The molecule has 17 heavy (non-hydrogen) atoms. The Morgan fingerprint density at radius 3 is 1.24 bits per heavy atom. The summed E-state index contributed by atoms with van der Waals surface area (Å²) >= 11 is 0. The van der Waals surface area contributed by atoms with Crippen molar-refractivity contribution in [2.45, 2.75) is 12.4 Å². The van der Waals surface area contributed by atoms with E-state index in [9.17, 15) is 26.3 Å². The third-order valence-electron chi connectivity index (χ3n) is 1.52. The van der Waals surface area contributed by atoms with Gasteiger partial charge < -0.3 is 34.0 Å². The average molecular weight is 398 g/mol. The molecular weight excluding hydrogens is 394 g/mol. The molecule has 9 heteroatoms. The van der Waals surface area contributed by atoms with E-state index in [0.717, 1.165) is 6.07 Å². The van der Waals surface area contributed by atoms with Crippen molar-refractivity contribution in [2.75, 3.05) is 0 Å². The van der Waals surface area contributed by atoms with Crippen LogP contribution in [0.3, 0.4) is 0 Å². The molecule has 1 aromatic rings. The molecule has 0 amide bonds. The van der Waals surface area contributed by atoms with Gasteiger partial charge in [0.2, 0.25) is 0 Å². The number of benzene rings is 1. The van der Waals surface area contributed by atoms with Gasteiger partial charge in [-0.15, -0.1) is 0 Å². The molecule has 0 N–H and O–H groups in total. The van der Waals surface area contributed by atoms with Crippen LogP contribution in [0.4, 0.5) is 26.3 Å². The van der Waals surface area contributed by atoms with Crippen LogP contribution in [0.5, 0.6) is 0 Å². The maximum atomic E-state index is 12.0. The average Bonchev–Trinajstić information content (AvgIpc) is 2.01. The van der Waals surface area contributed by atoms with Crippen LogP contribution < -0.4 is 34.0 Å². The first kappa shape index (κ1) is 22.7. The van der Waals surface area contributed by atoms with Gasteiger partial charge in [-0.05, 0) is 18.2 Å². The Balaban J connectivity index is -0.000000653. The molecule has 94 valence electrons. The third-order valence-corrected chi connectivity index (χ3v) is 1.52. The van der Waals surface area contributed by atoms with Crippen molar-refractivity contribution in [1.82, 2.24) is 0 Å². The largest absolute Gasteiger partial charge is 2.00 e. The van der Waals surface area contributed by atoms with Gasteiger partial charge in [-0.2, -0.15) is 26.3 Å². The van der Waals surface area contributed by atoms with Crippen LogP contribution in [0, 0.1) is 0 Å². The molecular formula is C8H4Br2F6Mg. The fraction of sp³-hybridized carbons (Fsp3) is 0.250. The Morgan fingerprint density at radius 2 is 1.00 bits per heavy atom. The molecule has 0 heterocycles. The summed E-state index contributed by atoms with van der Waals surface area (Å²) in [5.41, 5.74) is -2.60. The minimum atomic E-state index is -4.75. The van der Waals surface area contributed by atoms with Gasteiger partial charge in [0.05, 0.1) is 11.1 Å². The van der Waals surface area contributed by atoms with Gasteiger partial charge in [-0.3, -0.25) is 0 Å². The molecule has 0 aliphatic carbocycles. The molecule has 0 bridgehead atoms. The Hall–Kier alpha value is 0.526. The molecule has 1 aromatic carbocycles. The minimum absolute atomic E-state index is 0. The first-order chi connectivity index (χ1) is 6.21. The molecule has 1 rings (SSSR count). The van der Waals surface area contributed by atoms with Crippen molar-refractivity contribution in [3.63, 3.8) is 0 Å². The molecule has 0 aromatic heterocycles.